The number of aromatic nitrogens is 3. The molecule has 0 spiro atoms. The van der Waals surface area contributed by atoms with E-state index in [2.05, 4.69) is 15.2 Å². The summed E-state index contributed by atoms with van der Waals surface area (Å²) >= 11 is 1.36. The molecule has 1 saturated heterocycles. The van der Waals surface area contributed by atoms with Crippen LogP contribution in [0.3, 0.4) is 0 Å². The average Bonchev–Trinajstić information content (AvgIpc) is 3.25. The molecule has 0 saturated carbocycles. The van der Waals surface area contributed by atoms with E-state index in [0.29, 0.717) is 11.0 Å². The standard InChI is InChI=1S/C23H23FN4OS/c24-19-12-9-17(10-13-19)11-14-20-25-23(27-26-20)30-21(18-7-3-1-4-8-18)22(29)28-15-5-2-6-16-28/h1,3-4,7-14,21H,2,5-6,15-16H2,(H,25,26,27). The summed E-state index contributed by atoms with van der Waals surface area (Å²) in [6.45, 7) is 1.62. The number of halogens is 1. The lowest BCUT2D eigenvalue weighted by molar-refractivity contribution is -0.131. The second-order valence-electron chi connectivity index (χ2n) is 7.18. The van der Waals surface area contributed by atoms with Crippen molar-refractivity contribution in [1.82, 2.24) is 20.1 Å². The van der Waals surface area contributed by atoms with Gasteiger partial charge in [-0.3, -0.25) is 9.89 Å². The predicted octanol–water partition coefficient (Wildman–Crippen LogP) is 4.96. The molecule has 1 aromatic heterocycles. The lowest BCUT2D eigenvalue weighted by atomic mass is 10.1. The number of nitrogens with one attached hydrogen (secondary N) is 1. The smallest absolute Gasteiger partial charge is 0.240 e. The number of amides is 1. The number of rotatable bonds is 6. The third kappa shape index (κ3) is 5.16. The number of thioether (sulfide) groups is 1. The van der Waals surface area contributed by atoms with E-state index in [1.54, 1.807) is 18.2 Å². The van der Waals surface area contributed by atoms with Crippen molar-refractivity contribution in [3.05, 3.63) is 77.4 Å². The molecule has 1 amide bonds. The van der Waals surface area contributed by atoms with Gasteiger partial charge >= 0.3 is 0 Å². The molecule has 0 radical (unpaired) electrons. The maximum absolute atomic E-state index is 13.2. The minimum Gasteiger partial charge on any atom is -0.341 e. The monoisotopic (exact) mass is 422 g/mol. The van der Waals surface area contributed by atoms with E-state index < -0.39 is 0 Å². The molecule has 1 aliphatic heterocycles. The summed E-state index contributed by atoms with van der Waals surface area (Å²) in [6.07, 6.45) is 6.90. The highest BCUT2D eigenvalue weighted by Crippen LogP contribution is 2.35. The largest absolute Gasteiger partial charge is 0.341 e. The van der Waals surface area contributed by atoms with Crippen molar-refractivity contribution in [2.45, 2.75) is 29.7 Å². The number of hydrogen-bond acceptors (Lipinski definition) is 4. The van der Waals surface area contributed by atoms with Crippen molar-refractivity contribution in [1.29, 1.82) is 0 Å². The van der Waals surface area contributed by atoms with Gasteiger partial charge in [-0.25, -0.2) is 9.37 Å². The molecule has 5 nitrogen and oxygen atoms in total. The van der Waals surface area contributed by atoms with Gasteiger partial charge in [-0.05, 0) is 48.6 Å². The zero-order chi connectivity index (χ0) is 20.8. The number of carbonyl (C=O) groups is 1. The van der Waals surface area contributed by atoms with E-state index in [-0.39, 0.29) is 17.0 Å². The van der Waals surface area contributed by atoms with Gasteiger partial charge in [-0.2, -0.15) is 0 Å². The van der Waals surface area contributed by atoms with Crippen LogP contribution in [0.25, 0.3) is 12.2 Å². The summed E-state index contributed by atoms with van der Waals surface area (Å²) in [6, 6.07) is 16.0. The van der Waals surface area contributed by atoms with Gasteiger partial charge in [0.1, 0.15) is 16.9 Å². The lowest BCUT2D eigenvalue weighted by Crippen LogP contribution is -2.38. The number of H-pyrrole nitrogens is 1. The van der Waals surface area contributed by atoms with Crippen LogP contribution in [0.2, 0.25) is 0 Å². The molecule has 0 aliphatic carbocycles. The van der Waals surface area contributed by atoms with Crippen LogP contribution in [0.5, 0.6) is 0 Å². The fourth-order valence-electron chi connectivity index (χ4n) is 3.41. The zero-order valence-electron chi connectivity index (χ0n) is 16.5. The molecule has 1 aliphatic rings. The van der Waals surface area contributed by atoms with E-state index in [0.717, 1.165) is 37.1 Å². The first kappa shape index (κ1) is 20.3. The summed E-state index contributed by atoms with van der Waals surface area (Å²) in [7, 11) is 0. The molecule has 1 fully saturated rings. The van der Waals surface area contributed by atoms with Gasteiger partial charge in [0.15, 0.2) is 0 Å². The Morgan fingerprint density at radius 1 is 1.03 bits per heavy atom. The van der Waals surface area contributed by atoms with E-state index in [9.17, 15) is 9.18 Å². The number of piperidine rings is 1. The van der Waals surface area contributed by atoms with Crippen molar-refractivity contribution < 1.29 is 9.18 Å². The van der Waals surface area contributed by atoms with E-state index in [4.69, 9.17) is 0 Å². The van der Waals surface area contributed by atoms with Crippen LogP contribution < -0.4 is 0 Å². The van der Waals surface area contributed by atoms with Crippen LogP contribution in [0.15, 0.2) is 59.8 Å². The van der Waals surface area contributed by atoms with Crippen molar-refractivity contribution in [3.8, 4) is 0 Å². The van der Waals surface area contributed by atoms with Crippen LogP contribution in [0.4, 0.5) is 4.39 Å². The molecule has 1 N–H and O–H groups in total. The first-order valence-electron chi connectivity index (χ1n) is 10.1. The number of hydrogen-bond donors (Lipinski definition) is 1. The van der Waals surface area contributed by atoms with Gasteiger partial charge in [-0.15, -0.1) is 5.10 Å². The second kappa shape index (κ2) is 9.71. The number of carbonyl (C=O) groups excluding carboxylic acids is 1. The van der Waals surface area contributed by atoms with Gasteiger partial charge < -0.3 is 4.90 Å². The van der Waals surface area contributed by atoms with Crippen molar-refractivity contribution in [2.24, 2.45) is 0 Å². The van der Waals surface area contributed by atoms with Crippen molar-refractivity contribution in [3.63, 3.8) is 0 Å². The molecule has 2 heterocycles. The summed E-state index contributed by atoms with van der Waals surface area (Å²) in [4.78, 5) is 19.7. The molecule has 1 atom stereocenters. The quantitative estimate of drug-likeness (QED) is 0.571. The Bertz CT molecular complexity index is 998. The Morgan fingerprint density at radius 3 is 2.50 bits per heavy atom. The third-order valence-corrected chi connectivity index (χ3v) is 6.11. The van der Waals surface area contributed by atoms with E-state index >= 15 is 0 Å². The molecule has 2 aromatic carbocycles. The highest BCUT2D eigenvalue weighted by Gasteiger charge is 2.29. The number of nitrogens with zero attached hydrogens (tertiary/aromatic N) is 3. The minimum atomic E-state index is -0.381. The van der Waals surface area contributed by atoms with E-state index in [1.807, 2.05) is 41.3 Å². The summed E-state index contributed by atoms with van der Waals surface area (Å²) in [5.74, 6) is 0.425. The summed E-state index contributed by atoms with van der Waals surface area (Å²) < 4.78 is 13.0. The molecular formula is C23H23FN4OS. The highest BCUT2D eigenvalue weighted by atomic mass is 32.2. The lowest BCUT2D eigenvalue weighted by Gasteiger charge is -2.30. The summed E-state index contributed by atoms with van der Waals surface area (Å²) in [5.41, 5.74) is 1.82. The highest BCUT2D eigenvalue weighted by molar-refractivity contribution is 8.00. The third-order valence-electron chi connectivity index (χ3n) is 5.00. The van der Waals surface area contributed by atoms with Gasteiger partial charge in [-0.1, -0.05) is 60.3 Å². The first-order chi connectivity index (χ1) is 14.7. The van der Waals surface area contributed by atoms with Crippen LogP contribution in [0, 0.1) is 5.82 Å². The Morgan fingerprint density at radius 2 is 1.77 bits per heavy atom. The maximum atomic E-state index is 13.2. The van der Waals surface area contributed by atoms with Gasteiger partial charge in [0.05, 0.1) is 0 Å². The molecular weight excluding hydrogens is 399 g/mol. The number of likely N-dealkylation sites (tertiary alicyclic amines) is 1. The molecule has 154 valence electrons. The molecule has 7 heteroatoms. The minimum absolute atomic E-state index is 0.110. The molecule has 3 aromatic rings. The fraction of sp³-hybridized carbons (Fsp3) is 0.261. The Labute approximate surface area is 179 Å². The van der Waals surface area contributed by atoms with Crippen LogP contribution >= 0.6 is 11.8 Å². The van der Waals surface area contributed by atoms with Crippen molar-refractivity contribution in [2.75, 3.05) is 13.1 Å². The van der Waals surface area contributed by atoms with E-state index in [1.165, 1.54) is 30.3 Å². The first-order valence-corrected chi connectivity index (χ1v) is 10.9. The topological polar surface area (TPSA) is 61.9 Å². The predicted molar refractivity (Wildman–Crippen MR) is 117 cm³/mol. The van der Waals surface area contributed by atoms with Gasteiger partial charge in [0, 0.05) is 13.1 Å². The zero-order valence-corrected chi connectivity index (χ0v) is 17.3. The normalized spacial score (nSPS) is 15.4. The maximum Gasteiger partial charge on any atom is 0.240 e. The average molecular weight is 423 g/mol. The second-order valence-corrected chi connectivity index (χ2v) is 8.25. The summed E-state index contributed by atoms with van der Waals surface area (Å²) in [5, 5.41) is 7.32. The van der Waals surface area contributed by atoms with Gasteiger partial charge in [0.2, 0.25) is 11.1 Å². The van der Waals surface area contributed by atoms with Crippen LogP contribution in [0.1, 0.15) is 41.5 Å². The number of benzene rings is 2. The SMILES string of the molecule is O=C(C(Sc1n[nH]c(C=Cc2ccc(F)cc2)n1)c1ccccc1)N1CCCCC1. The molecule has 0 bridgehead atoms. The Balaban J connectivity index is 1.50. The fourth-order valence-corrected chi connectivity index (χ4v) is 4.41. The van der Waals surface area contributed by atoms with Gasteiger partial charge in [0.25, 0.3) is 0 Å². The molecule has 4 rings (SSSR count). The Kier molecular flexibility index (Phi) is 6.59. The molecule has 1 unspecified atom stereocenters. The molecule has 30 heavy (non-hydrogen) atoms. The number of aromatic amines is 1. The van der Waals surface area contributed by atoms with Crippen LogP contribution in [-0.2, 0) is 4.79 Å². The Hall–Kier alpha value is -2.93. The van der Waals surface area contributed by atoms with Crippen molar-refractivity contribution >= 4 is 29.8 Å². The van der Waals surface area contributed by atoms with Crippen LogP contribution in [-0.4, -0.2) is 39.1 Å².